The molecule has 0 N–H and O–H groups in total. The molecule has 59 heavy (non-hydrogen) atoms. The lowest BCUT2D eigenvalue weighted by molar-refractivity contribution is 0.994. The van der Waals surface area contributed by atoms with Crippen molar-refractivity contribution in [1.29, 1.82) is 0 Å². The molecule has 276 valence electrons. The molecule has 0 bridgehead atoms. The fraction of sp³-hybridized carbons (Fsp3) is 0.0357. The topological polar surface area (TPSA) is 30.7 Å². The predicted octanol–water partition coefficient (Wildman–Crippen LogP) is 14.7. The van der Waals surface area contributed by atoms with E-state index in [1.807, 2.05) is 6.20 Å². The Morgan fingerprint density at radius 1 is 0.441 bits per heavy atom. The summed E-state index contributed by atoms with van der Waals surface area (Å²) in [6, 6.07) is 66.0. The molecule has 0 radical (unpaired) electrons. The summed E-state index contributed by atoms with van der Waals surface area (Å²) in [6.45, 7) is 0. The summed E-state index contributed by atoms with van der Waals surface area (Å²) in [5, 5.41) is 7.46. The molecule has 0 saturated heterocycles. The Balaban J connectivity index is 0.854. The number of aromatic nitrogens is 3. The number of benzene rings is 9. The summed E-state index contributed by atoms with van der Waals surface area (Å²) in [5.41, 5.74) is 17.3. The second kappa shape index (κ2) is 13.5. The van der Waals surface area contributed by atoms with Crippen LogP contribution >= 0.6 is 0 Å². The summed E-state index contributed by atoms with van der Waals surface area (Å²) in [4.78, 5) is 10.3. The van der Waals surface area contributed by atoms with E-state index in [9.17, 15) is 0 Å². The first kappa shape index (κ1) is 33.5. The van der Waals surface area contributed by atoms with Gasteiger partial charge in [-0.25, -0.2) is 4.98 Å². The molecule has 0 fully saturated rings. The Bertz CT molecular complexity index is 3470. The van der Waals surface area contributed by atoms with Crippen LogP contribution in [0.5, 0.6) is 0 Å². The number of hydrogen-bond acceptors (Lipinski definition) is 2. The van der Waals surface area contributed by atoms with E-state index in [-0.39, 0.29) is 0 Å². The highest BCUT2D eigenvalue weighted by atomic mass is 15.0. The molecule has 1 aliphatic rings. The second-order valence-electron chi connectivity index (χ2n) is 15.6. The maximum atomic E-state index is 5.28. The monoisotopic (exact) mass is 751 g/mol. The summed E-state index contributed by atoms with van der Waals surface area (Å²) < 4.78 is 2.39. The average Bonchev–Trinajstić information content (AvgIpc) is 3.65. The molecule has 9 aromatic carbocycles. The number of hydrogen-bond donors (Lipinski definition) is 0. The van der Waals surface area contributed by atoms with Crippen LogP contribution in [0.1, 0.15) is 17.5 Å². The van der Waals surface area contributed by atoms with Gasteiger partial charge in [0, 0.05) is 27.4 Å². The van der Waals surface area contributed by atoms with E-state index in [1.165, 1.54) is 76.9 Å². The quantitative estimate of drug-likeness (QED) is 0.164. The van der Waals surface area contributed by atoms with Crippen LogP contribution in [-0.4, -0.2) is 14.5 Å². The van der Waals surface area contributed by atoms with Crippen molar-refractivity contribution in [3.05, 3.63) is 205 Å². The zero-order chi connectivity index (χ0) is 38.9. The van der Waals surface area contributed by atoms with E-state index in [4.69, 9.17) is 9.97 Å². The number of allylic oxidation sites excluding steroid dienone is 1. The van der Waals surface area contributed by atoms with Gasteiger partial charge in [0.1, 0.15) is 0 Å². The first-order valence-corrected chi connectivity index (χ1v) is 20.5. The molecule has 3 heteroatoms. The molecule has 0 amide bonds. The highest BCUT2D eigenvalue weighted by molar-refractivity contribution is 6.12. The van der Waals surface area contributed by atoms with Crippen LogP contribution in [0.4, 0.5) is 0 Å². The average molecular weight is 752 g/mol. The molecular formula is C56H37N3. The Kier molecular flexibility index (Phi) is 7.67. The number of nitrogens with zero attached hydrogens (tertiary/aromatic N) is 3. The van der Waals surface area contributed by atoms with Crippen LogP contribution in [0.15, 0.2) is 194 Å². The van der Waals surface area contributed by atoms with Gasteiger partial charge >= 0.3 is 0 Å². The van der Waals surface area contributed by atoms with Crippen molar-refractivity contribution in [2.24, 2.45) is 0 Å². The van der Waals surface area contributed by atoms with Gasteiger partial charge in [-0.1, -0.05) is 158 Å². The van der Waals surface area contributed by atoms with Gasteiger partial charge in [0.05, 0.1) is 34.0 Å². The van der Waals surface area contributed by atoms with E-state index < -0.39 is 0 Å². The van der Waals surface area contributed by atoms with Crippen LogP contribution in [0.3, 0.4) is 0 Å². The van der Waals surface area contributed by atoms with Crippen molar-refractivity contribution in [3.63, 3.8) is 0 Å². The normalized spacial score (nSPS) is 12.5. The number of rotatable bonds is 5. The van der Waals surface area contributed by atoms with E-state index in [0.29, 0.717) is 0 Å². The Labute approximate surface area is 342 Å². The van der Waals surface area contributed by atoms with Crippen molar-refractivity contribution in [2.75, 3.05) is 0 Å². The third kappa shape index (κ3) is 5.50. The third-order valence-electron chi connectivity index (χ3n) is 12.3. The molecule has 0 atom stereocenters. The Hall–Kier alpha value is -7.62. The highest BCUT2D eigenvalue weighted by Crippen LogP contribution is 2.39. The van der Waals surface area contributed by atoms with Crippen LogP contribution in [0.2, 0.25) is 0 Å². The van der Waals surface area contributed by atoms with Crippen LogP contribution in [0.25, 0.3) is 111 Å². The zero-order valence-corrected chi connectivity index (χ0v) is 32.3. The van der Waals surface area contributed by atoms with Crippen LogP contribution in [-0.2, 0) is 6.42 Å². The molecule has 2 heterocycles. The van der Waals surface area contributed by atoms with Gasteiger partial charge in [-0.2, -0.15) is 0 Å². The summed E-state index contributed by atoms with van der Waals surface area (Å²) in [7, 11) is 0. The van der Waals surface area contributed by atoms with Crippen molar-refractivity contribution in [1.82, 2.24) is 14.5 Å². The molecule has 0 saturated carbocycles. The fourth-order valence-electron chi connectivity index (χ4n) is 9.43. The smallest absolute Gasteiger partial charge is 0.0968 e. The first-order chi connectivity index (χ1) is 29.2. The number of aryl methyl sites for hydroxylation is 1. The molecule has 0 aliphatic heterocycles. The first-order valence-electron chi connectivity index (χ1n) is 20.5. The molecule has 12 rings (SSSR count). The van der Waals surface area contributed by atoms with Gasteiger partial charge in [-0.05, 0) is 110 Å². The van der Waals surface area contributed by atoms with E-state index >= 15 is 0 Å². The molecular weight excluding hydrogens is 715 g/mol. The summed E-state index contributed by atoms with van der Waals surface area (Å²) in [6.07, 6.45) is 8.49. The number of para-hydroxylation sites is 1. The SMILES string of the molecule is C1=Cc2c(c3nc(-c4cccc(-c5ccc(-c6ccc(-n7c8ccccc8c8cc(-c9cccc%10ccccc9%10)ccc87)cc6)cc5)c4)cnc3c3ccccc23)CC1. The fourth-order valence-corrected chi connectivity index (χ4v) is 9.43. The van der Waals surface area contributed by atoms with E-state index in [0.717, 1.165) is 51.8 Å². The van der Waals surface area contributed by atoms with Gasteiger partial charge < -0.3 is 4.57 Å². The zero-order valence-electron chi connectivity index (χ0n) is 32.3. The minimum atomic E-state index is 0.900. The van der Waals surface area contributed by atoms with E-state index in [1.54, 1.807) is 0 Å². The van der Waals surface area contributed by atoms with Gasteiger partial charge in [0.25, 0.3) is 0 Å². The maximum Gasteiger partial charge on any atom is 0.0968 e. The number of fused-ring (bicyclic) bond motifs is 10. The standard InChI is InChI=1S/C56H37N3/c1-2-15-44-39(11-1)12-10-21-45(44)41-29-32-54-51(34-41)48-18-7-8-22-53(48)59(54)43-30-27-37(28-31-43)36-23-25-38(26-24-36)40-13-9-14-42(33-40)52-35-57-55-49-19-5-3-16-46(49)47-17-4-6-20-50(47)56(55)58-52/h1-5,7-19,21-35H,6,20H2. The van der Waals surface area contributed by atoms with Crippen molar-refractivity contribution in [2.45, 2.75) is 12.8 Å². The highest BCUT2D eigenvalue weighted by Gasteiger charge is 2.18. The van der Waals surface area contributed by atoms with Crippen molar-refractivity contribution in [3.8, 4) is 50.3 Å². The van der Waals surface area contributed by atoms with Gasteiger partial charge in [-0.3, -0.25) is 4.98 Å². The Morgan fingerprint density at radius 2 is 1.08 bits per heavy atom. The summed E-state index contributed by atoms with van der Waals surface area (Å²) in [5.74, 6) is 0. The molecule has 1 aliphatic carbocycles. The Morgan fingerprint density at radius 3 is 1.93 bits per heavy atom. The minimum absolute atomic E-state index is 0.900. The van der Waals surface area contributed by atoms with Gasteiger partial charge in [0.15, 0.2) is 0 Å². The predicted molar refractivity (Wildman–Crippen MR) is 248 cm³/mol. The largest absolute Gasteiger partial charge is 0.309 e. The minimum Gasteiger partial charge on any atom is -0.309 e. The third-order valence-corrected chi connectivity index (χ3v) is 12.3. The molecule has 11 aromatic rings. The second-order valence-corrected chi connectivity index (χ2v) is 15.6. The lowest BCUT2D eigenvalue weighted by atomic mass is 9.90. The van der Waals surface area contributed by atoms with Crippen molar-refractivity contribution >= 4 is 60.5 Å². The van der Waals surface area contributed by atoms with Crippen molar-refractivity contribution < 1.29 is 0 Å². The summed E-state index contributed by atoms with van der Waals surface area (Å²) >= 11 is 0. The molecule has 2 aromatic heterocycles. The lowest BCUT2D eigenvalue weighted by Crippen LogP contribution is -2.01. The van der Waals surface area contributed by atoms with Crippen LogP contribution in [0, 0.1) is 0 Å². The van der Waals surface area contributed by atoms with Gasteiger partial charge in [-0.15, -0.1) is 0 Å². The van der Waals surface area contributed by atoms with Gasteiger partial charge in [0.2, 0.25) is 0 Å². The molecule has 0 unspecified atom stereocenters. The van der Waals surface area contributed by atoms with Crippen LogP contribution < -0.4 is 0 Å². The molecule has 0 spiro atoms. The van der Waals surface area contributed by atoms with E-state index in [2.05, 4.69) is 199 Å². The molecule has 3 nitrogen and oxygen atoms in total. The lowest BCUT2D eigenvalue weighted by Gasteiger charge is -2.17. The maximum absolute atomic E-state index is 5.28.